The number of hydrogen-bond acceptors (Lipinski definition) is 8. The molecule has 0 heterocycles. The molecule has 12 heteroatoms. The number of aromatic hydroxyl groups is 1. The molecular formula is C38H36CuN6O2PS2+. The van der Waals surface area contributed by atoms with Crippen LogP contribution in [-0.4, -0.2) is 53.4 Å². The topological polar surface area (TPSA) is 103 Å². The molecule has 5 aromatic carbocycles. The number of hydrogen-bond donors (Lipinski definition) is 3. The van der Waals surface area contributed by atoms with Crippen LogP contribution in [-0.2, 0) is 47.1 Å². The van der Waals surface area contributed by atoms with E-state index in [0.29, 0.717) is 36.5 Å². The SMILES string of the molecule is CN/C([S-])=N/N=C(/C(=N/N=C(\[S-])NCCOC[P+](c1ccccc1)(c1ccccc1)c1ccccc1)c1ccccc1)c1ccc(O)cc1.[Cu+2]. The van der Waals surface area contributed by atoms with Crippen molar-refractivity contribution in [2.75, 3.05) is 26.5 Å². The minimum Gasteiger partial charge on any atom is -0.741 e. The van der Waals surface area contributed by atoms with Crippen LogP contribution >= 0.6 is 7.26 Å². The number of rotatable bonds is 13. The second-order valence-corrected chi connectivity index (χ2v) is 14.9. The van der Waals surface area contributed by atoms with Crippen LogP contribution in [0.15, 0.2) is 166 Å². The smallest absolute Gasteiger partial charge is 0.741 e. The molecular weight excluding hydrogens is 731 g/mol. The summed E-state index contributed by atoms with van der Waals surface area (Å²) in [6, 6.07) is 47.9. The van der Waals surface area contributed by atoms with E-state index in [-0.39, 0.29) is 33.2 Å². The Morgan fingerprint density at radius 3 is 1.48 bits per heavy atom. The molecule has 0 unspecified atom stereocenters. The Hall–Kier alpha value is -4.47. The fourth-order valence-electron chi connectivity index (χ4n) is 5.12. The Morgan fingerprint density at radius 1 is 0.600 bits per heavy atom. The first-order valence-electron chi connectivity index (χ1n) is 15.6. The monoisotopic (exact) mass is 766 g/mol. The van der Waals surface area contributed by atoms with Gasteiger partial charge in [-0.1, -0.05) is 84.9 Å². The van der Waals surface area contributed by atoms with Gasteiger partial charge in [0.2, 0.25) is 0 Å². The summed E-state index contributed by atoms with van der Waals surface area (Å²) >= 11 is 10.8. The first-order chi connectivity index (χ1) is 24.0. The van der Waals surface area contributed by atoms with Gasteiger partial charge in [0.15, 0.2) is 6.35 Å². The second-order valence-electron chi connectivity index (χ2n) is 10.7. The van der Waals surface area contributed by atoms with Crippen molar-refractivity contribution in [2.45, 2.75) is 0 Å². The van der Waals surface area contributed by atoms with Crippen molar-refractivity contribution in [2.24, 2.45) is 20.4 Å². The van der Waals surface area contributed by atoms with Gasteiger partial charge in [-0.15, -0.1) is 10.2 Å². The van der Waals surface area contributed by atoms with Crippen molar-refractivity contribution >= 4 is 70.2 Å². The third kappa shape index (κ3) is 10.0. The number of ether oxygens (including phenoxy) is 1. The number of phenolic OH excluding ortho intramolecular Hbond substituents is 1. The maximum absolute atomic E-state index is 9.89. The molecule has 0 saturated carbocycles. The Bertz CT molecular complexity index is 1800. The predicted molar refractivity (Wildman–Crippen MR) is 210 cm³/mol. The largest absolute Gasteiger partial charge is 2.00 e. The van der Waals surface area contributed by atoms with Crippen molar-refractivity contribution in [3.05, 3.63) is 157 Å². The third-order valence-electron chi connectivity index (χ3n) is 7.51. The zero-order chi connectivity index (χ0) is 34.3. The van der Waals surface area contributed by atoms with Gasteiger partial charge >= 0.3 is 17.1 Å². The summed E-state index contributed by atoms with van der Waals surface area (Å²) in [4.78, 5) is 0. The molecule has 1 radical (unpaired) electrons. The molecule has 0 spiro atoms. The molecule has 0 atom stereocenters. The summed E-state index contributed by atoms with van der Waals surface area (Å²) in [7, 11) is -0.446. The minimum atomic E-state index is -2.12. The van der Waals surface area contributed by atoms with Gasteiger partial charge in [0.1, 0.15) is 40.3 Å². The van der Waals surface area contributed by atoms with Gasteiger partial charge in [-0.3, -0.25) is 0 Å². The van der Waals surface area contributed by atoms with Crippen molar-refractivity contribution in [3.8, 4) is 5.75 Å². The fourth-order valence-corrected chi connectivity index (χ4v) is 9.10. The van der Waals surface area contributed by atoms with E-state index < -0.39 is 7.26 Å². The second kappa shape index (κ2) is 19.6. The van der Waals surface area contributed by atoms with Crippen LogP contribution in [0.5, 0.6) is 5.75 Å². The van der Waals surface area contributed by atoms with Crippen molar-refractivity contribution in [1.82, 2.24) is 10.6 Å². The molecule has 257 valence electrons. The summed E-state index contributed by atoms with van der Waals surface area (Å²) < 4.78 is 6.46. The molecule has 0 fully saturated rings. The number of amidine groups is 2. The van der Waals surface area contributed by atoms with E-state index in [4.69, 9.17) is 30.0 Å². The Kier molecular flexibility index (Phi) is 15.1. The van der Waals surface area contributed by atoms with Crippen LogP contribution in [0.4, 0.5) is 0 Å². The molecule has 8 nitrogen and oxygen atoms in total. The van der Waals surface area contributed by atoms with Crippen LogP contribution in [0.3, 0.4) is 0 Å². The van der Waals surface area contributed by atoms with Gasteiger partial charge in [0.25, 0.3) is 0 Å². The van der Waals surface area contributed by atoms with Crippen molar-refractivity contribution in [3.63, 3.8) is 0 Å². The molecule has 5 aromatic rings. The van der Waals surface area contributed by atoms with Gasteiger partial charge in [-0.05, 0) is 71.0 Å². The first-order valence-corrected chi connectivity index (χ1v) is 18.3. The molecule has 50 heavy (non-hydrogen) atoms. The number of nitrogens with zero attached hydrogens (tertiary/aromatic N) is 4. The Morgan fingerprint density at radius 2 is 1.02 bits per heavy atom. The zero-order valence-electron chi connectivity index (χ0n) is 27.2. The molecule has 0 amide bonds. The van der Waals surface area contributed by atoms with Crippen LogP contribution in [0.1, 0.15) is 11.1 Å². The van der Waals surface area contributed by atoms with E-state index in [0.717, 1.165) is 5.56 Å². The van der Waals surface area contributed by atoms with E-state index >= 15 is 0 Å². The molecule has 0 aliphatic heterocycles. The normalized spacial score (nSPS) is 12.6. The first kappa shape index (κ1) is 38.3. The summed E-state index contributed by atoms with van der Waals surface area (Å²) in [6.07, 6.45) is 0.525. The summed E-state index contributed by atoms with van der Waals surface area (Å²) in [6.45, 7) is 0.835. The fraction of sp³-hybridized carbons (Fsp3) is 0.105. The Balaban J connectivity index is 0.00000562. The molecule has 3 N–H and O–H groups in total. The van der Waals surface area contributed by atoms with E-state index in [1.807, 2.05) is 48.5 Å². The van der Waals surface area contributed by atoms with Gasteiger partial charge < -0.3 is 45.7 Å². The van der Waals surface area contributed by atoms with Crippen molar-refractivity contribution in [1.29, 1.82) is 0 Å². The van der Waals surface area contributed by atoms with Gasteiger partial charge in [0, 0.05) is 24.7 Å². The minimum absolute atomic E-state index is 0. The molecule has 0 saturated heterocycles. The average Bonchev–Trinajstić information content (AvgIpc) is 3.16. The molecule has 5 rings (SSSR count). The third-order valence-corrected chi connectivity index (χ3v) is 12.1. The van der Waals surface area contributed by atoms with Gasteiger partial charge in [-0.25, -0.2) is 0 Å². The number of benzene rings is 5. The maximum atomic E-state index is 9.89. The predicted octanol–water partition coefficient (Wildman–Crippen LogP) is 5.08. The zero-order valence-corrected chi connectivity index (χ0v) is 30.7. The molecule has 0 aliphatic rings. The quantitative estimate of drug-likeness (QED) is 0.0294. The number of phenols is 1. The molecule has 0 aromatic heterocycles. The summed E-state index contributed by atoms with van der Waals surface area (Å²) in [5, 5.41) is 37.4. The standard InChI is InChI=1S/C38H37N6O2PS2.Cu/c1-39-37(48)43-41-36(30-22-24-31(45)25-23-30)35(29-14-6-2-7-15-29)42-44-38(49)40-26-27-46-28-47(32-16-8-3-9-17-32,33-18-10-4-11-19-33)34-20-12-5-13-21-34;/h2-25H,26-28H2,1H3,(H4-,39,40,41,42,43,44,45,48,49);/q;+2/p-1. The van der Waals surface area contributed by atoms with E-state index in [1.165, 1.54) is 15.9 Å². The Labute approximate surface area is 315 Å². The van der Waals surface area contributed by atoms with Gasteiger partial charge in [-0.2, -0.15) is 10.2 Å². The molecule has 0 aliphatic carbocycles. The van der Waals surface area contributed by atoms with E-state index in [2.05, 4.69) is 104 Å². The van der Waals surface area contributed by atoms with Crippen molar-refractivity contribution < 1.29 is 26.9 Å². The van der Waals surface area contributed by atoms with Crippen LogP contribution < -0.4 is 26.5 Å². The van der Waals surface area contributed by atoms with Crippen LogP contribution in [0.2, 0.25) is 0 Å². The van der Waals surface area contributed by atoms with Crippen LogP contribution in [0.25, 0.3) is 0 Å². The molecule has 0 bridgehead atoms. The van der Waals surface area contributed by atoms with Gasteiger partial charge in [0.05, 0.1) is 6.61 Å². The van der Waals surface area contributed by atoms with E-state index in [9.17, 15) is 5.11 Å². The maximum Gasteiger partial charge on any atom is 2.00 e. The summed E-state index contributed by atoms with van der Waals surface area (Å²) in [5.41, 5.74) is 2.24. The average molecular weight is 767 g/mol. The number of nitrogens with one attached hydrogen (secondary N) is 2. The summed E-state index contributed by atoms with van der Waals surface area (Å²) in [5.74, 6) is 0.122. The van der Waals surface area contributed by atoms with E-state index in [1.54, 1.807) is 31.3 Å². The van der Waals surface area contributed by atoms with Crippen LogP contribution in [0, 0.1) is 0 Å².